The molecule has 0 aliphatic heterocycles. The molecule has 4 nitrogen and oxygen atoms in total. The molecule has 126 valence electrons. The molecular formula is C19H21FN2O2. The highest BCUT2D eigenvalue weighted by Crippen LogP contribution is 2.24. The molecule has 1 aliphatic carbocycles. The first-order valence-corrected chi connectivity index (χ1v) is 8.28. The summed E-state index contributed by atoms with van der Waals surface area (Å²) < 4.78 is 13.0. The van der Waals surface area contributed by atoms with E-state index in [0.29, 0.717) is 11.5 Å². The number of aliphatic hydroxyl groups excluding tert-OH is 1. The van der Waals surface area contributed by atoms with Crippen LogP contribution in [0.4, 0.5) is 4.39 Å². The van der Waals surface area contributed by atoms with Crippen molar-refractivity contribution in [3.8, 4) is 11.1 Å². The molecule has 1 aliphatic rings. The summed E-state index contributed by atoms with van der Waals surface area (Å²) >= 11 is 0. The van der Waals surface area contributed by atoms with Crippen LogP contribution in [0.1, 0.15) is 36.0 Å². The summed E-state index contributed by atoms with van der Waals surface area (Å²) in [6.07, 6.45) is 6.87. The molecule has 5 heteroatoms. The first-order valence-electron chi connectivity index (χ1n) is 8.28. The maximum absolute atomic E-state index is 13.0. The predicted octanol–water partition coefficient (Wildman–Crippen LogP) is 3.17. The van der Waals surface area contributed by atoms with Crippen LogP contribution in [0.2, 0.25) is 0 Å². The fourth-order valence-corrected chi connectivity index (χ4v) is 3.12. The number of halogens is 1. The molecular weight excluding hydrogens is 307 g/mol. The van der Waals surface area contributed by atoms with Crippen LogP contribution in [0.5, 0.6) is 0 Å². The van der Waals surface area contributed by atoms with E-state index >= 15 is 0 Å². The highest BCUT2D eigenvalue weighted by Gasteiger charge is 2.22. The van der Waals surface area contributed by atoms with Crippen LogP contribution in [0.3, 0.4) is 0 Å². The van der Waals surface area contributed by atoms with Gasteiger partial charge in [-0.25, -0.2) is 4.39 Å². The van der Waals surface area contributed by atoms with Crippen LogP contribution in [0.25, 0.3) is 11.1 Å². The largest absolute Gasteiger partial charge is 0.396 e. The van der Waals surface area contributed by atoms with E-state index in [1.165, 1.54) is 12.1 Å². The monoisotopic (exact) mass is 328 g/mol. The molecule has 0 radical (unpaired) electrons. The van der Waals surface area contributed by atoms with E-state index in [1.54, 1.807) is 30.6 Å². The molecule has 24 heavy (non-hydrogen) atoms. The zero-order valence-electron chi connectivity index (χ0n) is 13.4. The van der Waals surface area contributed by atoms with Gasteiger partial charge in [0.1, 0.15) is 5.82 Å². The predicted molar refractivity (Wildman–Crippen MR) is 89.9 cm³/mol. The Labute approximate surface area is 140 Å². The van der Waals surface area contributed by atoms with Gasteiger partial charge >= 0.3 is 0 Å². The Morgan fingerprint density at radius 2 is 1.83 bits per heavy atom. The Morgan fingerprint density at radius 3 is 2.50 bits per heavy atom. The van der Waals surface area contributed by atoms with Crippen molar-refractivity contribution in [2.45, 2.75) is 31.7 Å². The summed E-state index contributed by atoms with van der Waals surface area (Å²) in [5, 5.41) is 12.2. The van der Waals surface area contributed by atoms with Gasteiger partial charge in [-0.2, -0.15) is 0 Å². The van der Waals surface area contributed by atoms with Crippen LogP contribution in [0, 0.1) is 11.7 Å². The van der Waals surface area contributed by atoms with Crippen molar-refractivity contribution in [1.82, 2.24) is 10.3 Å². The molecule has 1 heterocycles. The molecule has 1 fully saturated rings. The van der Waals surface area contributed by atoms with Crippen molar-refractivity contribution in [3.05, 3.63) is 54.1 Å². The summed E-state index contributed by atoms with van der Waals surface area (Å²) in [5.74, 6) is -0.0698. The topological polar surface area (TPSA) is 62.2 Å². The Bertz CT molecular complexity index is 695. The van der Waals surface area contributed by atoms with Crippen LogP contribution >= 0.6 is 0 Å². The lowest BCUT2D eigenvalue weighted by Crippen LogP contribution is -2.38. The van der Waals surface area contributed by atoms with E-state index in [9.17, 15) is 14.3 Å². The summed E-state index contributed by atoms with van der Waals surface area (Å²) in [6.45, 7) is 0.226. The lowest BCUT2D eigenvalue weighted by Gasteiger charge is -2.27. The average molecular weight is 328 g/mol. The average Bonchev–Trinajstić information content (AvgIpc) is 2.63. The van der Waals surface area contributed by atoms with Gasteiger partial charge in [0, 0.05) is 30.6 Å². The number of rotatable bonds is 4. The molecule has 0 atom stereocenters. The smallest absolute Gasteiger partial charge is 0.253 e. The fraction of sp³-hybridized carbons (Fsp3) is 0.368. The molecule has 2 N–H and O–H groups in total. The van der Waals surface area contributed by atoms with Gasteiger partial charge in [-0.05, 0) is 55.4 Å². The molecule has 0 bridgehead atoms. The molecule has 1 amide bonds. The normalized spacial score (nSPS) is 20.6. The number of nitrogens with one attached hydrogen (secondary N) is 1. The number of hydrogen-bond acceptors (Lipinski definition) is 3. The van der Waals surface area contributed by atoms with Gasteiger partial charge in [0.25, 0.3) is 5.91 Å². The fourth-order valence-electron chi connectivity index (χ4n) is 3.12. The molecule has 1 aromatic carbocycles. The van der Waals surface area contributed by atoms with Crippen molar-refractivity contribution in [2.24, 2.45) is 5.92 Å². The lowest BCUT2D eigenvalue weighted by atomic mass is 9.86. The number of benzene rings is 1. The summed E-state index contributed by atoms with van der Waals surface area (Å²) in [7, 11) is 0. The second kappa shape index (κ2) is 7.53. The highest BCUT2D eigenvalue weighted by molar-refractivity contribution is 5.95. The Balaban J connectivity index is 1.67. The standard InChI is InChI=1S/C19H21FN2O2/c20-17-5-3-14(4-6-17)15-9-16(11-21-10-15)19(24)22-18-7-1-13(12-23)2-8-18/h3-6,9-11,13,18,23H,1-2,7-8,12H2,(H,22,24). The lowest BCUT2D eigenvalue weighted by molar-refractivity contribution is 0.0913. The van der Waals surface area contributed by atoms with Crippen molar-refractivity contribution in [2.75, 3.05) is 6.61 Å². The Kier molecular flexibility index (Phi) is 5.20. The van der Waals surface area contributed by atoms with Gasteiger partial charge in [-0.3, -0.25) is 9.78 Å². The quantitative estimate of drug-likeness (QED) is 0.906. The van der Waals surface area contributed by atoms with Gasteiger partial charge in [0.05, 0.1) is 5.56 Å². The number of hydrogen-bond donors (Lipinski definition) is 2. The van der Waals surface area contributed by atoms with E-state index in [2.05, 4.69) is 10.3 Å². The Morgan fingerprint density at radius 1 is 1.12 bits per heavy atom. The molecule has 0 spiro atoms. The third-order valence-electron chi connectivity index (χ3n) is 4.62. The van der Waals surface area contributed by atoms with Crippen LogP contribution < -0.4 is 5.32 Å². The van der Waals surface area contributed by atoms with Crippen LogP contribution in [-0.2, 0) is 0 Å². The second-order valence-electron chi connectivity index (χ2n) is 6.34. The van der Waals surface area contributed by atoms with Gasteiger partial charge in [-0.15, -0.1) is 0 Å². The first kappa shape index (κ1) is 16.6. The van der Waals surface area contributed by atoms with E-state index in [1.807, 2.05) is 0 Å². The van der Waals surface area contributed by atoms with Crippen molar-refractivity contribution in [1.29, 1.82) is 0 Å². The SMILES string of the molecule is O=C(NC1CCC(CO)CC1)c1cncc(-c2ccc(F)cc2)c1. The number of pyridine rings is 1. The number of nitrogens with zero attached hydrogens (tertiary/aromatic N) is 1. The first-order chi connectivity index (χ1) is 11.7. The van der Waals surface area contributed by atoms with Crippen molar-refractivity contribution in [3.63, 3.8) is 0 Å². The van der Waals surface area contributed by atoms with E-state index in [-0.39, 0.29) is 24.4 Å². The summed E-state index contributed by atoms with van der Waals surface area (Å²) in [5.41, 5.74) is 2.11. The maximum atomic E-state index is 13.0. The maximum Gasteiger partial charge on any atom is 0.253 e. The minimum absolute atomic E-state index is 0.140. The van der Waals surface area contributed by atoms with Gasteiger partial charge < -0.3 is 10.4 Å². The van der Waals surface area contributed by atoms with E-state index in [4.69, 9.17) is 0 Å². The van der Waals surface area contributed by atoms with Crippen molar-refractivity contribution >= 4 is 5.91 Å². The Hall–Kier alpha value is -2.27. The second-order valence-corrected chi connectivity index (χ2v) is 6.34. The summed E-state index contributed by atoms with van der Waals surface area (Å²) in [6, 6.07) is 8.04. The zero-order valence-corrected chi connectivity index (χ0v) is 13.4. The molecule has 0 saturated heterocycles. The molecule has 2 aromatic rings. The van der Waals surface area contributed by atoms with Crippen LogP contribution in [0.15, 0.2) is 42.7 Å². The third kappa shape index (κ3) is 3.97. The van der Waals surface area contributed by atoms with Crippen LogP contribution in [-0.4, -0.2) is 28.6 Å². The van der Waals surface area contributed by atoms with Crippen molar-refractivity contribution < 1.29 is 14.3 Å². The zero-order chi connectivity index (χ0) is 16.9. The summed E-state index contributed by atoms with van der Waals surface area (Å²) in [4.78, 5) is 16.6. The number of amides is 1. The minimum Gasteiger partial charge on any atom is -0.396 e. The van der Waals surface area contributed by atoms with E-state index in [0.717, 1.165) is 36.8 Å². The number of carbonyl (C=O) groups excluding carboxylic acids is 1. The molecule has 1 aromatic heterocycles. The number of aliphatic hydroxyl groups is 1. The molecule has 1 saturated carbocycles. The molecule has 3 rings (SSSR count). The van der Waals surface area contributed by atoms with Gasteiger partial charge in [-0.1, -0.05) is 12.1 Å². The van der Waals surface area contributed by atoms with Gasteiger partial charge in [0.2, 0.25) is 0 Å². The minimum atomic E-state index is -0.293. The highest BCUT2D eigenvalue weighted by atomic mass is 19.1. The van der Waals surface area contributed by atoms with E-state index < -0.39 is 0 Å². The molecule has 0 unspecified atom stereocenters. The van der Waals surface area contributed by atoms with Gasteiger partial charge in [0.15, 0.2) is 0 Å². The number of aromatic nitrogens is 1. The third-order valence-corrected chi connectivity index (χ3v) is 4.62. The number of carbonyl (C=O) groups is 1.